The number of rotatable bonds is 5. The van der Waals surface area contributed by atoms with Gasteiger partial charge >= 0.3 is 0 Å². The lowest BCUT2D eigenvalue weighted by atomic mass is 9.81. The lowest BCUT2D eigenvalue weighted by Gasteiger charge is -2.33. The van der Waals surface area contributed by atoms with Crippen LogP contribution in [0.4, 0.5) is 0 Å². The molecular formula is C20H27ClN2O4. The molecule has 1 aromatic rings. The Morgan fingerprint density at radius 1 is 1.41 bits per heavy atom. The molecule has 3 fully saturated rings. The second kappa shape index (κ2) is 7.47. The molecule has 2 amide bonds. The summed E-state index contributed by atoms with van der Waals surface area (Å²) in [7, 11) is 0. The van der Waals surface area contributed by atoms with Gasteiger partial charge in [-0.25, -0.2) is 0 Å². The summed E-state index contributed by atoms with van der Waals surface area (Å²) < 4.78 is 10.7. The number of hydrogen-bond acceptors (Lipinski definition) is 4. The number of likely N-dealkylation sites (tertiary alicyclic amines) is 1. The van der Waals surface area contributed by atoms with E-state index in [1.807, 2.05) is 4.90 Å². The third kappa shape index (κ3) is 3.74. The molecule has 1 aliphatic carbocycles. The summed E-state index contributed by atoms with van der Waals surface area (Å²) in [5, 5.41) is 2.78. The molecule has 1 saturated carbocycles. The first kappa shape index (κ1) is 18.8. The van der Waals surface area contributed by atoms with E-state index in [1.165, 1.54) is 25.4 Å². The highest BCUT2D eigenvalue weighted by atomic mass is 35.5. The Morgan fingerprint density at radius 2 is 2.19 bits per heavy atom. The molecular weight excluding hydrogens is 368 g/mol. The first-order valence-electron chi connectivity index (χ1n) is 9.86. The van der Waals surface area contributed by atoms with Gasteiger partial charge in [0, 0.05) is 13.2 Å². The Morgan fingerprint density at radius 3 is 2.89 bits per heavy atom. The number of nitrogens with one attached hydrogen (secondary N) is 1. The molecule has 3 aliphatic rings. The summed E-state index contributed by atoms with van der Waals surface area (Å²) in [6, 6.07) is 1.07. The van der Waals surface area contributed by atoms with Gasteiger partial charge < -0.3 is 19.4 Å². The molecule has 1 N–H and O–H groups in total. The zero-order chi connectivity index (χ0) is 19.0. The van der Waals surface area contributed by atoms with E-state index in [-0.39, 0.29) is 34.8 Å². The number of amides is 2. The Kier molecular flexibility index (Phi) is 5.21. The van der Waals surface area contributed by atoms with Crippen LogP contribution in [0.25, 0.3) is 0 Å². The second-order valence-corrected chi connectivity index (χ2v) is 9.02. The predicted molar refractivity (Wildman–Crippen MR) is 101 cm³/mol. The monoisotopic (exact) mass is 394 g/mol. The number of carbonyl (C=O) groups is 2. The van der Waals surface area contributed by atoms with Crippen molar-refractivity contribution in [2.75, 3.05) is 13.2 Å². The van der Waals surface area contributed by atoms with Crippen molar-refractivity contribution in [1.29, 1.82) is 0 Å². The first-order chi connectivity index (χ1) is 13.0. The lowest BCUT2D eigenvalue weighted by molar-refractivity contribution is -0.135. The number of carbonyl (C=O) groups excluding carboxylic acids is 2. The van der Waals surface area contributed by atoms with E-state index in [4.69, 9.17) is 20.8 Å². The summed E-state index contributed by atoms with van der Waals surface area (Å²) in [6.45, 7) is 3.33. The average molecular weight is 395 g/mol. The molecule has 0 radical (unpaired) electrons. The summed E-state index contributed by atoms with van der Waals surface area (Å²) in [4.78, 5) is 27.9. The number of hydrogen-bond donors (Lipinski definition) is 1. The number of alkyl halides is 1. The van der Waals surface area contributed by atoms with Crippen LogP contribution in [0.1, 0.15) is 55.8 Å². The standard InChI is InChI=1S/C20H27ClN2O4/c1-20(6-2-3-7-20)10-15(22-18(24)13-4-8-26-12-13)19(25)23-11-14(21)17-16(23)5-9-27-17/h4,8,12,14-17H,2-3,5-7,9-11H2,1H3,(H,22,24)/t14-,15+,16-,17-/m1/s1. The van der Waals surface area contributed by atoms with Gasteiger partial charge in [-0.15, -0.1) is 11.6 Å². The van der Waals surface area contributed by atoms with Crippen molar-refractivity contribution in [3.63, 3.8) is 0 Å². The Balaban J connectivity index is 1.53. The highest BCUT2D eigenvalue weighted by Gasteiger charge is 2.49. The van der Waals surface area contributed by atoms with Crippen LogP contribution < -0.4 is 5.32 Å². The molecule has 4 rings (SSSR count). The van der Waals surface area contributed by atoms with Crippen molar-refractivity contribution in [2.24, 2.45) is 5.41 Å². The molecule has 0 unspecified atom stereocenters. The van der Waals surface area contributed by atoms with E-state index in [2.05, 4.69) is 12.2 Å². The Hall–Kier alpha value is -1.53. The first-order valence-corrected chi connectivity index (χ1v) is 10.3. The zero-order valence-electron chi connectivity index (χ0n) is 15.7. The molecule has 3 heterocycles. The molecule has 4 atom stereocenters. The van der Waals surface area contributed by atoms with Crippen molar-refractivity contribution in [2.45, 2.75) is 69.0 Å². The summed E-state index contributed by atoms with van der Waals surface area (Å²) in [5.74, 6) is -0.312. The fraction of sp³-hybridized carbons (Fsp3) is 0.700. The molecule has 7 heteroatoms. The number of nitrogens with zero attached hydrogens (tertiary/aromatic N) is 1. The molecule has 2 aliphatic heterocycles. The van der Waals surface area contributed by atoms with Crippen molar-refractivity contribution in [3.8, 4) is 0 Å². The third-order valence-electron chi connectivity index (χ3n) is 6.41. The van der Waals surface area contributed by atoms with Crippen LogP contribution in [0.3, 0.4) is 0 Å². The molecule has 2 saturated heterocycles. The topological polar surface area (TPSA) is 71.8 Å². The van der Waals surface area contributed by atoms with Crippen molar-refractivity contribution in [3.05, 3.63) is 24.2 Å². The van der Waals surface area contributed by atoms with E-state index in [9.17, 15) is 9.59 Å². The van der Waals surface area contributed by atoms with Gasteiger partial charge in [0.1, 0.15) is 12.3 Å². The maximum absolute atomic E-state index is 13.4. The van der Waals surface area contributed by atoms with Crippen LogP contribution in [0.2, 0.25) is 0 Å². The predicted octanol–water partition coefficient (Wildman–Crippen LogP) is 2.96. The molecule has 0 bridgehead atoms. The highest BCUT2D eigenvalue weighted by Crippen LogP contribution is 2.42. The van der Waals surface area contributed by atoms with Gasteiger partial charge in [0.25, 0.3) is 5.91 Å². The van der Waals surface area contributed by atoms with E-state index in [1.54, 1.807) is 6.07 Å². The second-order valence-electron chi connectivity index (χ2n) is 8.46. The van der Waals surface area contributed by atoms with Crippen LogP contribution in [0.5, 0.6) is 0 Å². The fourth-order valence-corrected chi connectivity index (χ4v) is 5.31. The average Bonchev–Trinajstić information content (AvgIpc) is 3.41. The van der Waals surface area contributed by atoms with Gasteiger partial charge in [-0.3, -0.25) is 9.59 Å². The van der Waals surface area contributed by atoms with E-state index < -0.39 is 6.04 Å². The van der Waals surface area contributed by atoms with Crippen LogP contribution in [0, 0.1) is 5.41 Å². The fourth-order valence-electron chi connectivity index (χ4n) is 4.92. The van der Waals surface area contributed by atoms with Crippen LogP contribution in [-0.2, 0) is 9.53 Å². The SMILES string of the molecule is CC1(C[C@H](NC(=O)c2ccoc2)C(=O)N2C[C@@H](Cl)[C@H]3OCC[C@H]32)CCCC1. The quantitative estimate of drug-likeness (QED) is 0.779. The van der Waals surface area contributed by atoms with Crippen LogP contribution in [0.15, 0.2) is 23.0 Å². The Labute approximate surface area is 164 Å². The minimum Gasteiger partial charge on any atom is -0.472 e. The summed E-state index contributed by atoms with van der Waals surface area (Å²) in [6.07, 6.45) is 8.76. The molecule has 27 heavy (non-hydrogen) atoms. The normalized spacial score (nSPS) is 30.3. The van der Waals surface area contributed by atoms with Gasteiger partial charge in [-0.1, -0.05) is 19.8 Å². The highest BCUT2D eigenvalue weighted by molar-refractivity contribution is 6.21. The molecule has 6 nitrogen and oxygen atoms in total. The lowest BCUT2D eigenvalue weighted by Crippen LogP contribution is -2.52. The van der Waals surface area contributed by atoms with Gasteiger partial charge in [0.05, 0.1) is 29.3 Å². The minimum atomic E-state index is -0.557. The molecule has 148 valence electrons. The zero-order valence-corrected chi connectivity index (χ0v) is 16.4. The maximum Gasteiger partial charge on any atom is 0.255 e. The van der Waals surface area contributed by atoms with Gasteiger partial charge in [-0.2, -0.15) is 0 Å². The Bertz CT molecular complexity index is 686. The van der Waals surface area contributed by atoms with Gasteiger partial charge in [0.2, 0.25) is 5.91 Å². The van der Waals surface area contributed by atoms with E-state index >= 15 is 0 Å². The van der Waals surface area contributed by atoms with Crippen LogP contribution >= 0.6 is 11.6 Å². The molecule has 0 aromatic carbocycles. The van der Waals surface area contributed by atoms with Crippen molar-refractivity contribution >= 4 is 23.4 Å². The smallest absolute Gasteiger partial charge is 0.255 e. The number of ether oxygens (including phenoxy) is 1. The van der Waals surface area contributed by atoms with Crippen LogP contribution in [-0.4, -0.2) is 53.4 Å². The van der Waals surface area contributed by atoms with E-state index in [0.717, 1.165) is 19.3 Å². The largest absolute Gasteiger partial charge is 0.472 e. The van der Waals surface area contributed by atoms with Gasteiger partial charge in [0.15, 0.2) is 0 Å². The van der Waals surface area contributed by atoms with Crippen molar-refractivity contribution in [1.82, 2.24) is 10.2 Å². The number of halogens is 1. The minimum absolute atomic E-state index is 0.0183. The molecule has 1 aromatic heterocycles. The number of furan rings is 1. The maximum atomic E-state index is 13.4. The summed E-state index contributed by atoms with van der Waals surface area (Å²) in [5.41, 5.74) is 0.512. The van der Waals surface area contributed by atoms with Gasteiger partial charge in [-0.05, 0) is 37.2 Å². The molecule has 0 spiro atoms. The number of fused-ring (bicyclic) bond motifs is 1. The summed E-state index contributed by atoms with van der Waals surface area (Å²) >= 11 is 6.42. The van der Waals surface area contributed by atoms with Crippen molar-refractivity contribution < 1.29 is 18.7 Å². The van der Waals surface area contributed by atoms with E-state index in [0.29, 0.717) is 25.1 Å². The third-order valence-corrected chi connectivity index (χ3v) is 6.79.